The van der Waals surface area contributed by atoms with Crippen molar-refractivity contribution in [1.29, 1.82) is 0 Å². The van der Waals surface area contributed by atoms with Gasteiger partial charge in [-0.2, -0.15) is 0 Å². The molecule has 3 heteroatoms. The van der Waals surface area contributed by atoms with Crippen LogP contribution in [0.4, 0.5) is 0 Å². The van der Waals surface area contributed by atoms with Crippen LogP contribution < -0.4 is 5.73 Å². The second kappa shape index (κ2) is 5.48. The highest BCUT2D eigenvalue weighted by Crippen LogP contribution is 2.21. The van der Waals surface area contributed by atoms with E-state index in [1.54, 1.807) is 0 Å². The van der Waals surface area contributed by atoms with Gasteiger partial charge < -0.3 is 5.73 Å². The van der Waals surface area contributed by atoms with E-state index in [2.05, 4.69) is 6.92 Å². The number of aryl methyl sites for hydroxylation is 1. The Morgan fingerprint density at radius 3 is 2.54 bits per heavy atom. The first-order valence-electron chi connectivity index (χ1n) is 4.16. The van der Waals surface area contributed by atoms with Crippen LogP contribution in [0.5, 0.6) is 0 Å². The minimum Gasteiger partial charge on any atom is -0.324 e. The van der Waals surface area contributed by atoms with Gasteiger partial charge in [-0.25, -0.2) is 0 Å². The first kappa shape index (κ1) is 12.8. The molecule has 0 aliphatic carbocycles. The lowest BCUT2D eigenvalue weighted by Gasteiger charge is -2.12. The molecule has 0 fully saturated rings. The Hall–Kier alpha value is -0.240. The van der Waals surface area contributed by atoms with Gasteiger partial charge in [-0.05, 0) is 36.6 Å². The Balaban J connectivity index is 0.00000144. The van der Waals surface area contributed by atoms with Crippen LogP contribution in [-0.4, -0.2) is 0 Å². The molecule has 0 aromatic heterocycles. The molecule has 1 nitrogen and oxygen atoms in total. The standard InChI is InChI=1S/C10H14ClN.ClH/c1-3-10(12)9-5-4-8(11)6-7(9)2;/h4-6,10H,3,12H2,1-2H3;1H/t10-;/m1./s1. The topological polar surface area (TPSA) is 26.0 Å². The monoisotopic (exact) mass is 219 g/mol. The molecule has 0 saturated carbocycles. The maximum atomic E-state index is 5.90. The summed E-state index contributed by atoms with van der Waals surface area (Å²) in [5.41, 5.74) is 8.28. The Morgan fingerprint density at radius 1 is 1.46 bits per heavy atom. The molecule has 74 valence electrons. The average molecular weight is 220 g/mol. The molecule has 1 aromatic carbocycles. The van der Waals surface area contributed by atoms with E-state index in [0.717, 1.165) is 11.4 Å². The first-order valence-corrected chi connectivity index (χ1v) is 4.54. The van der Waals surface area contributed by atoms with Gasteiger partial charge >= 0.3 is 0 Å². The third-order valence-electron chi connectivity index (χ3n) is 2.07. The van der Waals surface area contributed by atoms with Crippen molar-refractivity contribution in [3.63, 3.8) is 0 Å². The summed E-state index contributed by atoms with van der Waals surface area (Å²) >= 11 is 5.82. The number of rotatable bonds is 2. The average Bonchev–Trinajstić information content (AvgIpc) is 2.03. The molecule has 1 aromatic rings. The summed E-state index contributed by atoms with van der Waals surface area (Å²) in [6.07, 6.45) is 0.961. The molecule has 0 bridgehead atoms. The Morgan fingerprint density at radius 2 is 2.08 bits per heavy atom. The Bertz CT molecular complexity index is 274. The van der Waals surface area contributed by atoms with Gasteiger partial charge in [0.15, 0.2) is 0 Å². The lowest BCUT2D eigenvalue weighted by atomic mass is 10.0. The summed E-state index contributed by atoms with van der Waals surface area (Å²) in [6, 6.07) is 5.99. The van der Waals surface area contributed by atoms with Crippen molar-refractivity contribution in [2.24, 2.45) is 5.73 Å². The molecular weight excluding hydrogens is 205 g/mol. The predicted octanol–water partition coefficient (Wildman–Crippen LogP) is 3.48. The van der Waals surface area contributed by atoms with Gasteiger partial charge in [0, 0.05) is 11.1 Å². The third kappa shape index (κ3) is 3.18. The van der Waals surface area contributed by atoms with Crippen LogP contribution in [0.1, 0.15) is 30.5 Å². The number of benzene rings is 1. The highest BCUT2D eigenvalue weighted by atomic mass is 35.5. The smallest absolute Gasteiger partial charge is 0.0408 e. The molecule has 0 saturated heterocycles. The van der Waals surface area contributed by atoms with Crippen LogP contribution in [-0.2, 0) is 0 Å². The molecule has 1 rings (SSSR count). The van der Waals surface area contributed by atoms with Crippen LogP contribution in [0.15, 0.2) is 18.2 Å². The van der Waals surface area contributed by atoms with E-state index in [1.807, 2.05) is 25.1 Å². The van der Waals surface area contributed by atoms with Gasteiger partial charge in [-0.3, -0.25) is 0 Å². The van der Waals surface area contributed by atoms with Crippen molar-refractivity contribution in [2.75, 3.05) is 0 Å². The van der Waals surface area contributed by atoms with Crippen LogP contribution in [0, 0.1) is 6.92 Å². The number of nitrogens with two attached hydrogens (primary N) is 1. The van der Waals surface area contributed by atoms with Crippen molar-refractivity contribution in [3.05, 3.63) is 34.3 Å². The van der Waals surface area contributed by atoms with Gasteiger partial charge in [-0.1, -0.05) is 24.6 Å². The summed E-state index contributed by atoms with van der Waals surface area (Å²) in [7, 11) is 0. The van der Waals surface area contributed by atoms with Crippen LogP contribution >= 0.6 is 24.0 Å². The zero-order valence-electron chi connectivity index (χ0n) is 7.88. The molecule has 0 spiro atoms. The zero-order valence-corrected chi connectivity index (χ0v) is 9.45. The summed E-state index contributed by atoms with van der Waals surface area (Å²) < 4.78 is 0. The van der Waals surface area contributed by atoms with E-state index in [0.29, 0.717) is 0 Å². The van der Waals surface area contributed by atoms with E-state index in [-0.39, 0.29) is 18.4 Å². The van der Waals surface area contributed by atoms with E-state index in [1.165, 1.54) is 11.1 Å². The minimum atomic E-state index is 0. The molecule has 0 amide bonds. The van der Waals surface area contributed by atoms with Crippen molar-refractivity contribution >= 4 is 24.0 Å². The van der Waals surface area contributed by atoms with Crippen LogP contribution in [0.2, 0.25) is 5.02 Å². The fourth-order valence-corrected chi connectivity index (χ4v) is 1.50. The van der Waals surface area contributed by atoms with Crippen molar-refractivity contribution in [2.45, 2.75) is 26.3 Å². The van der Waals surface area contributed by atoms with Crippen LogP contribution in [0.3, 0.4) is 0 Å². The SMILES string of the molecule is CC[C@@H](N)c1ccc(Cl)cc1C.Cl. The number of halogens is 2. The van der Waals surface area contributed by atoms with E-state index in [9.17, 15) is 0 Å². The van der Waals surface area contributed by atoms with Crippen molar-refractivity contribution in [3.8, 4) is 0 Å². The molecule has 0 radical (unpaired) electrons. The molecule has 0 aliphatic heterocycles. The van der Waals surface area contributed by atoms with Gasteiger partial charge in [-0.15, -0.1) is 12.4 Å². The van der Waals surface area contributed by atoms with Crippen molar-refractivity contribution in [1.82, 2.24) is 0 Å². The summed E-state index contributed by atoms with van der Waals surface area (Å²) in [5.74, 6) is 0. The lowest BCUT2D eigenvalue weighted by Crippen LogP contribution is -2.09. The molecule has 1 atom stereocenters. The van der Waals surface area contributed by atoms with E-state index in [4.69, 9.17) is 17.3 Å². The Kier molecular flexibility index (Phi) is 5.38. The normalized spacial score (nSPS) is 12.0. The fourth-order valence-electron chi connectivity index (χ4n) is 1.28. The maximum Gasteiger partial charge on any atom is 0.0408 e. The van der Waals surface area contributed by atoms with Gasteiger partial charge in [0.05, 0.1) is 0 Å². The third-order valence-corrected chi connectivity index (χ3v) is 2.31. The van der Waals surface area contributed by atoms with E-state index < -0.39 is 0 Å². The quantitative estimate of drug-likeness (QED) is 0.811. The predicted molar refractivity (Wildman–Crippen MR) is 60.7 cm³/mol. The summed E-state index contributed by atoms with van der Waals surface area (Å²) in [6.45, 7) is 4.12. The van der Waals surface area contributed by atoms with E-state index >= 15 is 0 Å². The Labute approximate surface area is 90.7 Å². The minimum absolute atomic E-state index is 0. The summed E-state index contributed by atoms with van der Waals surface area (Å²) in [4.78, 5) is 0. The zero-order chi connectivity index (χ0) is 9.14. The number of hydrogen-bond acceptors (Lipinski definition) is 1. The summed E-state index contributed by atoms with van der Waals surface area (Å²) in [5, 5.41) is 0.777. The molecular formula is C10H15Cl2N. The molecule has 13 heavy (non-hydrogen) atoms. The molecule has 2 N–H and O–H groups in total. The lowest BCUT2D eigenvalue weighted by molar-refractivity contribution is 0.694. The number of hydrogen-bond donors (Lipinski definition) is 1. The largest absolute Gasteiger partial charge is 0.324 e. The van der Waals surface area contributed by atoms with Crippen LogP contribution in [0.25, 0.3) is 0 Å². The fraction of sp³-hybridized carbons (Fsp3) is 0.400. The highest BCUT2D eigenvalue weighted by molar-refractivity contribution is 6.30. The van der Waals surface area contributed by atoms with Gasteiger partial charge in [0.2, 0.25) is 0 Å². The first-order chi connectivity index (χ1) is 5.65. The molecule has 0 heterocycles. The van der Waals surface area contributed by atoms with Gasteiger partial charge in [0.1, 0.15) is 0 Å². The molecule has 0 aliphatic rings. The van der Waals surface area contributed by atoms with Gasteiger partial charge in [0.25, 0.3) is 0 Å². The maximum absolute atomic E-state index is 5.90. The second-order valence-electron chi connectivity index (χ2n) is 3.02. The second-order valence-corrected chi connectivity index (χ2v) is 3.45. The molecule has 0 unspecified atom stereocenters. The highest BCUT2D eigenvalue weighted by Gasteiger charge is 2.05. The van der Waals surface area contributed by atoms with Crippen molar-refractivity contribution < 1.29 is 0 Å².